The number of guanidine groups is 1. The van der Waals surface area contributed by atoms with E-state index in [0.29, 0.717) is 5.92 Å². The van der Waals surface area contributed by atoms with E-state index in [1.165, 1.54) is 38.9 Å². The van der Waals surface area contributed by atoms with E-state index in [2.05, 4.69) is 48.2 Å². The van der Waals surface area contributed by atoms with Crippen molar-refractivity contribution >= 4 is 29.9 Å². The number of rotatable bonds is 7. The van der Waals surface area contributed by atoms with Crippen LogP contribution < -0.4 is 10.6 Å². The maximum Gasteiger partial charge on any atom is 0.191 e. The predicted molar refractivity (Wildman–Crippen MR) is 104 cm³/mol. The molecule has 1 aliphatic heterocycles. The highest BCUT2D eigenvalue weighted by Gasteiger charge is 2.18. The van der Waals surface area contributed by atoms with Gasteiger partial charge in [-0.25, -0.2) is 0 Å². The number of halogens is 1. The fourth-order valence-corrected chi connectivity index (χ4v) is 2.59. The van der Waals surface area contributed by atoms with Crippen molar-refractivity contribution in [2.45, 2.75) is 47.0 Å². The molecule has 0 unspecified atom stereocenters. The smallest absolute Gasteiger partial charge is 0.191 e. The third-order valence-electron chi connectivity index (χ3n) is 3.76. The Kier molecular flexibility index (Phi) is 12.5. The summed E-state index contributed by atoms with van der Waals surface area (Å²) in [5, 5.41) is 6.85. The lowest BCUT2D eigenvalue weighted by Crippen LogP contribution is -2.43. The molecular weight excluding hydrogens is 375 g/mol. The summed E-state index contributed by atoms with van der Waals surface area (Å²) in [6.07, 6.45) is 3.91. The maximum atomic E-state index is 4.63. The number of nitrogens with zero attached hydrogens (tertiary/aromatic N) is 2. The first kappa shape index (κ1) is 21.0. The summed E-state index contributed by atoms with van der Waals surface area (Å²) in [7, 11) is 0. The molecule has 0 aromatic rings. The highest BCUT2D eigenvalue weighted by molar-refractivity contribution is 14.0. The molecule has 4 nitrogen and oxygen atoms in total. The first-order valence-corrected chi connectivity index (χ1v) is 8.40. The third-order valence-corrected chi connectivity index (χ3v) is 3.76. The van der Waals surface area contributed by atoms with Gasteiger partial charge in [0, 0.05) is 19.6 Å². The van der Waals surface area contributed by atoms with E-state index < -0.39 is 0 Å². The first-order valence-electron chi connectivity index (χ1n) is 8.40. The van der Waals surface area contributed by atoms with E-state index in [9.17, 15) is 0 Å². The molecule has 1 rings (SSSR count). The molecule has 0 aromatic carbocycles. The minimum Gasteiger partial charge on any atom is -0.357 e. The van der Waals surface area contributed by atoms with Crippen molar-refractivity contribution < 1.29 is 0 Å². The zero-order valence-electron chi connectivity index (χ0n) is 14.3. The van der Waals surface area contributed by atoms with Crippen molar-refractivity contribution in [1.29, 1.82) is 0 Å². The molecule has 2 N–H and O–H groups in total. The Balaban J connectivity index is 0.00000400. The molecule has 0 aliphatic carbocycles. The molecule has 5 heteroatoms. The summed E-state index contributed by atoms with van der Waals surface area (Å²) in [6.45, 7) is 15.5. The molecule has 0 radical (unpaired) electrons. The van der Waals surface area contributed by atoms with Gasteiger partial charge in [0.25, 0.3) is 0 Å². The second kappa shape index (κ2) is 12.5. The Bertz CT molecular complexity index is 273. The number of likely N-dealkylation sites (tertiary alicyclic amines) is 1. The van der Waals surface area contributed by atoms with Gasteiger partial charge in [0.1, 0.15) is 0 Å². The second-order valence-corrected chi connectivity index (χ2v) is 6.28. The standard InChI is InChI=1S/C16H34N4.HI/c1-5-9-20-10-7-15(8-11-20)13-19-16(17-6-2)18-12-14(3)4;/h14-15H,5-13H2,1-4H3,(H2,17,18,19);1H. The van der Waals surface area contributed by atoms with Crippen LogP contribution in [0.5, 0.6) is 0 Å². The molecule has 0 aromatic heterocycles. The van der Waals surface area contributed by atoms with E-state index >= 15 is 0 Å². The SMILES string of the molecule is CCCN1CCC(CNC(=NCC(C)C)NCC)CC1.I. The number of hydrogen-bond donors (Lipinski definition) is 2. The van der Waals surface area contributed by atoms with Crippen LogP contribution in [0.4, 0.5) is 0 Å². The molecule has 1 saturated heterocycles. The molecule has 0 saturated carbocycles. The fraction of sp³-hybridized carbons (Fsp3) is 0.938. The summed E-state index contributed by atoms with van der Waals surface area (Å²) >= 11 is 0. The highest BCUT2D eigenvalue weighted by atomic mass is 127. The zero-order valence-corrected chi connectivity index (χ0v) is 16.7. The van der Waals surface area contributed by atoms with Crippen LogP contribution in [0.15, 0.2) is 4.99 Å². The normalized spacial score (nSPS) is 17.7. The van der Waals surface area contributed by atoms with Crippen LogP contribution in [0, 0.1) is 11.8 Å². The van der Waals surface area contributed by atoms with Gasteiger partial charge in [-0.2, -0.15) is 0 Å². The largest absolute Gasteiger partial charge is 0.357 e. The van der Waals surface area contributed by atoms with Crippen molar-refractivity contribution in [3.8, 4) is 0 Å². The predicted octanol–water partition coefficient (Wildman–Crippen LogP) is 2.94. The third kappa shape index (κ3) is 9.55. The van der Waals surface area contributed by atoms with Gasteiger partial charge in [0.05, 0.1) is 0 Å². The van der Waals surface area contributed by atoms with E-state index in [1.807, 2.05) is 0 Å². The van der Waals surface area contributed by atoms with E-state index in [1.54, 1.807) is 0 Å². The van der Waals surface area contributed by atoms with Gasteiger partial charge < -0.3 is 15.5 Å². The minimum absolute atomic E-state index is 0. The van der Waals surface area contributed by atoms with Crippen LogP contribution in [0.25, 0.3) is 0 Å². The summed E-state index contributed by atoms with van der Waals surface area (Å²) in [5.74, 6) is 2.39. The zero-order chi connectivity index (χ0) is 14.8. The van der Waals surface area contributed by atoms with Crippen molar-refractivity contribution in [1.82, 2.24) is 15.5 Å². The Morgan fingerprint density at radius 2 is 1.86 bits per heavy atom. The average molecular weight is 410 g/mol. The lowest BCUT2D eigenvalue weighted by atomic mass is 9.97. The molecule has 1 fully saturated rings. The lowest BCUT2D eigenvalue weighted by Gasteiger charge is -2.32. The number of hydrogen-bond acceptors (Lipinski definition) is 2. The topological polar surface area (TPSA) is 39.7 Å². The van der Waals surface area contributed by atoms with E-state index in [-0.39, 0.29) is 24.0 Å². The first-order chi connectivity index (χ1) is 9.65. The van der Waals surface area contributed by atoms with Crippen LogP contribution in [-0.4, -0.2) is 50.1 Å². The molecule has 0 spiro atoms. The summed E-state index contributed by atoms with van der Waals surface area (Å²) in [6, 6.07) is 0. The van der Waals surface area contributed by atoms with Crippen LogP contribution in [0.1, 0.15) is 47.0 Å². The molecule has 0 amide bonds. The molecule has 0 bridgehead atoms. The van der Waals surface area contributed by atoms with E-state index in [4.69, 9.17) is 0 Å². The second-order valence-electron chi connectivity index (χ2n) is 6.28. The monoisotopic (exact) mass is 410 g/mol. The van der Waals surface area contributed by atoms with Crippen LogP contribution >= 0.6 is 24.0 Å². The van der Waals surface area contributed by atoms with Crippen molar-refractivity contribution in [3.05, 3.63) is 0 Å². The molecule has 126 valence electrons. The van der Waals surface area contributed by atoms with Gasteiger partial charge in [-0.1, -0.05) is 20.8 Å². The van der Waals surface area contributed by atoms with Crippen LogP contribution in [0.3, 0.4) is 0 Å². The van der Waals surface area contributed by atoms with Gasteiger partial charge in [0.15, 0.2) is 5.96 Å². The Hall–Kier alpha value is -0.0400. The molecule has 1 aliphatic rings. The van der Waals surface area contributed by atoms with Crippen molar-refractivity contribution in [2.75, 3.05) is 39.3 Å². The number of aliphatic imine (C=N–C) groups is 1. The summed E-state index contributed by atoms with van der Waals surface area (Å²) in [4.78, 5) is 7.22. The van der Waals surface area contributed by atoms with Crippen LogP contribution in [-0.2, 0) is 0 Å². The fourth-order valence-electron chi connectivity index (χ4n) is 2.59. The minimum atomic E-state index is 0. The summed E-state index contributed by atoms with van der Waals surface area (Å²) < 4.78 is 0. The van der Waals surface area contributed by atoms with Crippen molar-refractivity contribution in [3.63, 3.8) is 0 Å². The number of nitrogens with one attached hydrogen (secondary N) is 2. The maximum absolute atomic E-state index is 4.63. The summed E-state index contributed by atoms with van der Waals surface area (Å²) in [5.41, 5.74) is 0. The Labute approximate surface area is 148 Å². The highest BCUT2D eigenvalue weighted by Crippen LogP contribution is 2.16. The van der Waals surface area contributed by atoms with Gasteiger partial charge in [0.2, 0.25) is 0 Å². The molecule has 0 atom stereocenters. The van der Waals surface area contributed by atoms with Gasteiger partial charge >= 0.3 is 0 Å². The van der Waals surface area contributed by atoms with Gasteiger partial charge in [-0.15, -0.1) is 24.0 Å². The molecule has 1 heterocycles. The van der Waals surface area contributed by atoms with Crippen LogP contribution in [0.2, 0.25) is 0 Å². The average Bonchev–Trinajstić information content (AvgIpc) is 2.44. The Morgan fingerprint density at radius 3 is 2.38 bits per heavy atom. The van der Waals surface area contributed by atoms with E-state index in [0.717, 1.165) is 31.5 Å². The lowest BCUT2D eigenvalue weighted by molar-refractivity contribution is 0.185. The quantitative estimate of drug-likeness (QED) is 0.385. The van der Waals surface area contributed by atoms with Gasteiger partial charge in [-0.3, -0.25) is 4.99 Å². The molecule has 21 heavy (non-hydrogen) atoms. The Morgan fingerprint density at radius 1 is 1.19 bits per heavy atom. The number of piperidine rings is 1. The molecular formula is C16H35IN4. The van der Waals surface area contributed by atoms with Gasteiger partial charge in [-0.05, 0) is 57.7 Å². The van der Waals surface area contributed by atoms with Crippen molar-refractivity contribution in [2.24, 2.45) is 16.8 Å².